The molecule has 1 N–H and O–H groups in total. The van der Waals surface area contributed by atoms with Crippen molar-refractivity contribution in [2.24, 2.45) is 0 Å². The molecular formula is C24H22N4OS. The number of aromatic nitrogens is 3. The van der Waals surface area contributed by atoms with Crippen molar-refractivity contribution in [3.63, 3.8) is 0 Å². The lowest BCUT2D eigenvalue weighted by Gasteiger charge is -2.10. The zero-order valence-electron chi connectivity index (χ0n) is 16.4. The Morgan fingerprint density at radius 1 is 0.833 bits per heavy atom. The van der Waals surface area contributed by atoms with Crippen LogP contribution in [0.25, 0.3) is 5.69 Å². The van der Waals surface area contributed by atoms with Gasteiger partial charge in [-0.2, -0.15) is 0 Å². The summed E-state index contributed by atoms with van der Waals surface area (Å²) in [5, 5.41) is 12.6. The van der Waals surface area contributed by atoms with Gasteiger partial charge in [-0.15, -0.1) is 10.2 Å². The van der Waals surface area contributed by atoms with Crippen molar-refractivity contribution < 1.29 is 4.79 Å². The highest BCUT2D eigenvalue weighted by Gasteiger charge is 2.15. The van der Waals surface area contributed by atoms with Crippen LogP contribution >= 0.6 is 11.8 Å². The number of amides is 1. The fourth-order valence-corrected chi connectivity index (χ4v) is 4.01. The van der Waals surface area contributed by atoms with Crippen molar-refractivity contribution in [2.45, 2.75) is 18.0 Å². The Morgan fingerprint density at radius 2 is 1.47 bits per heavy atom. The first-order chi connectivity index (χ1) is 14.8. The molecule has 6 heteroatoms. The van der Waals surface area contributed by atoms with E-state index in [-0.39, 0.29) is 5.91 Å². The molecule has 30 heavy (non-hydrogen) atoms. The smallest absolute Gasteiger partial charge is 0.225 e. The summed E-state index contributed by atoms with van der Waals surface area (Å²) in [6.07, 6.45) is 1.09. The Bertz CT molecular complexity index is 1080. The molecule has 0 aliphatic rings. The van der Waals surface area contributed by atoms with Gasteiger partial charge in [0, 0.05) is 30.0 Å². The molecule has 150 valence electrons. The molecule has 0 saturated carbocycles. The minimum atomic E-state index is -0.0102. The van der Waals surface area contributed by atoms with Gasteiger partial charge in [0.2, 0.25) is 5.91 Å². The highest BCUT2D eigenvalue weighted by atomic mass is 32.2. The minimum Gasteiger partial charge on any atom is -0.326 e. The largest absolute Gasteiger partial charge is 0.326 e. The second-order valence-electron chi connectivity index (χ2n) is 6.74. The van der Waals surface area contributed by atoms with Crippen LogP contribution in [0.5, 0.6) is 0 Å². The van der Waals surface area contributed by atoms with Crippen LogP contribution < -0.4 is 5.32 Å². The third-order valence-electron chi connectivity index (χ3n) is 4.54. The van der Waals surface area contributed by atoms with Gasteiger partial charge in [-0.05, 0) is 29.8 Å². The molecule has 4 aromatic rings. The van der Waals surface area contributed by atoms with E-state index in [4.69, 9.17) is 0 Å². The first-order valence-electron chi connectivity index (χ1n) is 9.81. The third kappa shape index (κ3) is 5.15. The maximum absolute atomic E-state index is 12.2. The van der Waals surface area contributed by atoms with Crippen LogP contribution in [0.4, 0.5) is 5.69 Å². The van der Waals surface area contributed by atoms with E-state index in [0.717, 1.165) is 22.4 Å². The summed E-state index contributed by atoms with van der Waals surface area (Å²) >= 11 is 1.54. The van der Waals surface area contributed by atoms with Crippen LogP contribution in [0.3, 0.4) is 0 Å². The molecule has 5 nitrogen and oxygen atoms in total. The summed E-state index contributed by atoms with van der Waals surface area (Å²) in [5.74, 6) is 1.49. The van der Waals surface area contributed by atoms with E-state index in [9.17, 15) is 4.79 Å². The van der Waals surface area contributed by atoms with Crippen molar-refractivity contribution in [1.29, 1.82) is 0 Å². The molecule has 1 heterocycles. The van der Waals surface area contributed by atoms with Gasteiger partial charge in [-0.1, -0.05) is 78.5 Å². The molecule has 0 aliphatic heterocycles. The highest BCUT2D eigenvalue weighted by Crippen LogP contribution is 2.24. The molecule has 0 atom stereocenters. The number of para-hydroxylation sites is 2. The average Bonchev–Trinajstić information content (AvgIpc) is 3.18. The second kappa shape index (κ2) is 9.89. The summed E-state index contributed by atoms with van der Waals surface area (Å²) in [5.41, 5.74) is 3.01. The Hall–Kier alpha value is -3.38. The number of nitrogens with one attached hydrogen (secondary N) is 1. The van der Waals surface area contributed by atoms with Crippen LogP contribution in [0.2, 0.25) is 0 Å². The standard InChI is InChI=1S/C24H22N4OS/c29-23(25-20-12-6-2-7-13-20)16-17-30-24-27-26-22(18-19-10-4-1-5-11-19)28(24)21-14-8-3-9-15-21/h1-15H,16-18H2,(H,25,29). The van der Waals surface area contributed by atoms with Gasteiger partial charge >= 0.3 is 0 Å². The highest BCUT2D eigenvalue weighted by molar-refractivity contribution is 7.99. The number of hydrogen-bond donors (Lipinski definition) is 1. The summed E-state index contributed by atoms with van der Waals surface area (Å²) in [6.45, 7) is 0. The predicted molar refractivity (Wildman–Crippen MR) is 121 cm³/mol. The fourth-order valence-electron chi connectivity index (χ4n) is 3.10. The Balaban J connectivity index is 1.46. The molecule has 0 bridgehead atoms. The van der Waals surface area contributed by atoms with Gasteiger partial charge in [-0.3, -0.25) is 9.36 Å². The van der Waals surface area contributed by atoms with Crippen molar-refractivity contribution in [3.05, 3.63) is 102 Å². The number of carbonyl (C=O) groups is 1. The molecule has 0 aliphatic carbocycles. The predicted octanol–water partition coefficient (Wildman–Crippen LogP) is 4.98. The first kappa shape index (κ1) is 19.9. The van der Waals surface area contributed by atoms with Gasteiger partial charge in [0.25, 0.3) is 0 Å². The molecule has 0 radical (unpaired) electrons. The van der Waals surface area contributed by atoms with Gasteiger partial charge in [0.1, 0.15) is 5.82 Å². The number of nitrogens with zero attached hydrogens (tertiary/aromatic N) is 3. The molecule has 0 spiro atoms. The monoisotopic (exact) mass is 414 g/mol. The summed E-state index contributed by atoms with van der Waals surface area (Å²) in [7, 11) is 0. The van der Waals surface area contributed by atoms with Gasteiger partial charge < -0.3 is 5.32 Å². The van der Waals surface area contributed by atoms with Crippen LogP contribution in [0.1, 0.15) is 17.8 Å². The van der Waals surface area contributed by atoms with E-state index in [1.165, 1.54) is 5.56 Å². The Kier molecular flexibility index (Phi) is 6.57. The first-order valence-corrected chi connectivity index (χ1v) is 10.8. The van der Waals surface area contributed by atoms with Crippen LogP contribution in [-0.2, 0) is 11.2 Å². The van der Waals surface area contributed by atoms with Gasteiger partial charge in [0.15, 0.2) is 5.16 Å². The molecule has 0 unspecified atom stereocenters. The molecule has 1 aromatic heterocycles. The lowest BCUT2D eigenvalue weighted by atomic mass is 10.1. The van der Waals surface area contributed by atoms with Crippen molar-refractivity contribution in [1.82, 2.24) is 14.8 Å². The fraction of sp³-hybridized carbons (Fsp3) is 0.125. The Labute approximate surface area is 180 Å². The normalized spacial score (nSPS) is 10.7. The number of hydrogen-bond acceptors (Lipinski definition) is 4. The minimum absolute atomic E-state index is 0.0102. The quantitative estimate of drug-likeness (QED) is 0.413. The average molecular weight is 415 g/mol. The van der Waals surface area contributed by atoms with Crippen LogP contribution in [-0.4, -0.2) is 26.4 Å². The Morgan fingerprint density at radius 3 is 2.17 bits per heavy atom. The van der Waals surface area contributed by atoms with Crippen molar-refractivity contribution >= 4 is 23.4 Å². The molecular weight excluding hydrogens is 392 g/mol. The van der Waals surface area contributed by atoms with Gasteiger partial charge in [0.05, 0.1) is 0 Å². The van der Waals surface area contributed by atoms with E-state index in [1.54, 1.807) is 11.8 Å². The van der Waals surface area contributed by atoms with Crippen molar-refractivity contribution in [2.75, 3.05) is 11.1 Å². The summed E-state index contributed by atoms with van der Waals surface area (Å²) in [4.78, 5) is 12.2. The third-order valence-corrected chi connectivity index (χ3v) is 5.47. The lowest BCUT2D eigenvalue weighted by molar-refractivity contribution is -0.115. The zero-order valence-corrected chi connectivity index (χ0v) is 17.3. The lowest BCUT2D eigenvalue weighted by Crippen LogP contribution is -2.12. The molecule has 4 rings (SSSR count). The van der Waals surface area contributed by atoms with E-state index in [1.807, 2.05) is 78.9 Å². The van der Waals surface area contributed by atoms with Gasteiger partial charge in [-0.25, -0.2) is 0 Å². The summed E-state index contributed by atoms with van der Waals surface area (Å²) in [6, 6.07) is 29.8. The van der Waals surface area contributed by atoms with E-state index in [0.29, 0.717) is 18.6 Å². The molecule has 1 amide bonds. The topological polar surface area (TPSA) is 59.8 Å². The molecule has 0 saturated heterocycles. The number of rotatable bonds is 8. The number of thioether (sulfide) groups is 1. The van der Waals surface area contributed by atoms with Crippen LogP contribution in [0.15, 0.2) is 96.2 Å². The maximum atomic E-state index is 12.2. The zero-order chi connectivity index (χ0) is 20.6. The summed E-state index contributed by atoms with van der Waals surface area (Å²) < 4.78 is 2.08. The molecule has 3 aromatic carbocycles. The van der Waals surface area contributed by atoms with Crippen molar-refractivity contribution in [3.8, 4) is 5.69 Å². The van der Waals surface area contributed by atoms with E-state index < -0.39 is 0 Å². The van der Waals surface area contributed by atoms with E-state index in [2.05, 4.69) is 32.2 Å². The maximum Gasteiger partial charge on any atom is 0.225 e. The molecule has 0 fully saturated rings. The second-order valence-corrected chi connectivity index (χ2v) is 7.81. The number of carbonyl (C=O) groups excluding carboxylic acids is 1. The number of anilines is 1. The SMILES string of the molecule is O=C(CCSc1nnc(Cc2ccccc2)n1-c1ccccc1)Nc1ccccc1. The number of benzene rings is 3. The van der Waals surface area contributed by atoms with Crippen LogP contribution in [0, 0.1) is 0 Å². The van der Waals surface area contributed by atoms with E-state index >= 15 is 0 Å².